The minimum absolute atomic E-state index is 0.117. The van der Waals surface area contributed by atoms with Crippen LogP contribution in [-0.4, -0.2) is 32.1 Å². The molecule has 0 aliphatic carbocycles. The minimum Gasteiger partial charge on any atom is -0.497 e. The summed E-state index contributed by atoms with van der Waals surface area (Å²) in [7, 11) is 1.66. The van der Waals surface area contributed by atoms with Gasteiger partial charge in [-0.05, 0) is 54.8 Å². The number of amides is 1. The van der Waals surface area contributed by atoms with E-state index in [4.69, 9.17) is 27.9 Å². The number of halogens is 2. The van der Waals surface area contributed by atoms with Gasteiger partial charge < -0.3 is 15.0 Å². The molecule has 1 fully saturated rings. The van der Waals surface area contributed by atoms with Crippen molar-refractivity contribution in [2.75, 3.05) is 25.1 Å². The predicted octanol–water partition coefficient (Wildman–Crippen LogP) is 4.80. The quantitative estimate of drug-likeness (QED) is 0.727. The lowest BCUT2D eigenvalue weighted by Crippen LogP contribution is -2.44. The molecule has 1 amide bonds. The summed E-state index contributed by atoms with van der Waals surface area (Å²) in [5.74, 6) is 0.737. The van der Waals surface area contributed by atoms with Crippen LogP contribution in [-0.2, 0) is 4.79 Å². The fourth-order valence-corrected chi connectivity index (χ4v) is 3.51. The highest BCUT2D eigenvalue weighted by Gasteiger charge is 2.20. The molecule has 2 aromatic carbocycles. The van der Waals surface area contributed by atoms with Crippen LogP contribution in [0.1, 0.15) is 18.4 Å². The Morgan fingerprint density at radius 2 is 1.85 bits per heavy atom. The van der Waals surface area contributed by atoms with Crippen molar-refractivity contribution >= 4 is 40.9 Å². The van der Waals surface area contributed by atoms with Gasteiger partial charge >= 0.3 is 0 Å². The molecule has 27 heavy (non-hydrogen) atoms. The standard InChI is InChI=1S/C21H22Cl2N2O2/c1-27-18-8-6-17(7-9-18)25-13-11-16(12-14-25)24-20(26)10-5-15-3-2-4-19(22)21(15)23/h2-10,16H,11-14H2,1H3,(H,24,26)/b10-5+. The van der Waals surface area contributed by atoms with Crippen molar-refractivity contribution in [3.8, 4) is 5.75 Å². The second kappa shape index (κ2) is 9.16. The van der Waals surface area contributed by atoms with Gasteiger partial charge in [-0.25, -0.2) is 0 Å². The van der Waals surface area contributed by atoms with Gasteiger partial charge in [-0.1, -0.05) is 35.3 Å². The number of nitrogens with one attached hydrogen (secondary N) is 1. The highest BCUT2D eigenvalue weighted by molar-refractivity contribution is 6.42. The number of ether oxygens (including phenoxy) is 1. The fraction of sp³-hybridized carbons (Fsp3) is 0.286. The molecule has 0 saturated carbocycles. The van der Waals surface area contributed by atoms with E-state index in [0.717, 1.165) is 37.2 Å². The molecule has 1 saturated heterocycles. The zero-order chi connectivity index (χ0) is 19.2. The summed E-state index contributed by atoms with van der Waals surface area (Å²) in [4.78, 5) is 14.5. The Hall–Kier alpha value is -2.17. The molecule has 4 nitrogen and oxygen atoms in total. The van der Waals surface area contributed by atoms with E-state index in [1.807, 2.05) is 18.2 Å². The normalized spacial score (nSPS) is 15.1. The van der Waals surface area contributed by atoms with Crippen LogP contribution in [0.15, 0.2) is 48.5 Å². The zero-order valence-corrected chi connectivity index (χ0v) is 16.6. The van der Waals surface area contributed by atoms with E-state index < -0.39 is 0 Å². The Morgan fingerprint density at radius 1 is 1.15 bits per heavy atom. The number of hydrogen-bond acceptors (Lipinski definition) is 3. The highest BCUT2D eigenvalue weighted by atomic mass is 35.5. The van der Waals surface area contributed by atoms with Crippen molar-refractivity contribution in [3.63, 3.8) is 0 Å². The van der Waals surface area contributed by atoms with Gasteiger partial charge in [0, 0.05) is 30.9 Å². The molecule has 0 aromatic heterocycles. The third-order valence-electron chi connectivity index (χ3n) is 4.67. The van der Waals surface area contributed by atoms with Crippen LogP contribution in [0.5, 0.6) is 5.75 Å². The van der Waals surface area contributed by atoms with Crippen LogP contribution < -0.4 is 15.0 Å². The van der Waals surface area contributed by atoms with E-state index >= 15 is 0 Å². The maximum atomic E-state index is 12.2. The van der Waals surface area contributed by atoms with E-state index in [1.165, 1.54) is 11.8 Å². The topological polar surface area (TPSA) is 41.6 Å². The number of nitrogens with zero attached hydrogens (tertiary/aromatic N) is 1. The average Bonchev–Trinajstić information content (AvgIpc) is 2.70. The number of rotatable bonds is 5. The van der Waals surface area contributed by atoms with Crippen molar-refractivity contribution in [1.82, 2.24) is 5.32 Å². The average molecular weight is 405 g/mol. The first-order valence-electron chi connectivity index (χ1n) is 8.88. The maximum Gasteiger partial charge on any atom is 0.244 e. The summed E-state index contributed by atoms with van der Waals surface area (Å²) in [6, 6.07) is 13.6. The molecule has 1 aliphatic heterocycles. The molecule has 0 spiro atoms. The van der Waals surface area contributed by atoms with Crippen LogP contribution in [0.25, 0.3) is 6.08 Å². The van der Waals surface area contributed by atoms with Gasteiger partial charge in [-0.2, -0.15) is 0 Å². The Labute approximate surface area is 169 Å². The molecule has 142 valence electrons. The molecule has 0 atom stereocenters. The van der Waals surface area contributed by atoms with Gasteiger partial charge in [0.05, 0.1) is 17.2 Å². The second-order valence-corrected chi connectivity index (χ2v) is 7.23. The van der Waals surface area contributed by atoms with Crippen LogP contribution in [0.4, 0.5) is 5.69 Å². The van der Waals surface area contributed by atoms with Gasteiger partial charge in [0.15, 0.2) is 0 Å². The van der Waals surface area contributed by atoms with Crippen LogP contribution in [0.3, 0.4) is 0 Å². The van der Waals surface area contributed by atoms with Crippen LogP contribution in [0.2, 0.25) is 10.0 Å². The van der Waals surface area contributed by atoms with E-state index in [0.29, 0.717) is 10.0 Å². The van der Waals surface area contributed by atoms with Crippen molar-refractivity contribution in [2.24, 2.45) is 0 Å². The fourth-order valence-electron chi connectivity index (χ4n) is 3.14. The van der Waals surface area contributed by atoms with Crippen LogP contribution in [0, 0.1) is 0 Å². The molecular formula is C21H22Cl2N2O2. The SMILES string of the molecule is COc1ccc(N2CCC(NC(=O)/C=C/c3cccc(Cl)c3Cl)CC2)cc1. The first kappa shape index (κ1) is 19.6. The monoisotopic (exact) mass is 404 g/mol. The molecule has 0 unspecified atom stereocenters. The summed E-state index contributed by atoms with van der Waals surface area (Å²) in [6.45, 7) is 1.81. The second-order valence-electron chi connectivity index (χ2n) is 6.44. The molecule has 6 heteroatoms. The highest BCUT2D eigenvalue weighted by Crippen LogP contribution is 2.26. The lowest BCUT2D eigenvalue weighted by Gasteiger charge is -2.33. The van der Waals surface area contributed by atoms with E-state index in [9.17, 15) is 4.79 Å². The van der Waals surface area contributed by atoms with Crippen molar-refractivity contribution in [3.05, 3.63) is 64.1 Å². The van der Waals surface area contributed by atoms with Gasteiger partial charge in [0.1, 0.15) is 5.75 Å². The maximum absolute atomic E-state index is 12.2. The summed E-state index contributed by atoms with van der Waals surface area (Å²) >= 11 is 12.1. The van der Waals surface area contributed by atoms with E-state index in [-0.39, 0.29) is 11.9 Å². The third-order valence-corrected chi connectivity index (χ3v) is 5.51. The number of piperidine rings is 1. The lowest BCUT2D eigenvalue weighted by molar-refractivity contribution is -0.117. The van der Waals surface area contributed by atoms with E-state index in [1.54, 1.807) is 25.3 Å². The third kappa shape index (κ3) is 5.18. The summed E-state index contributed by atoms with van der Waals surface area (Å²) in [5.41, 5.74) is 1.91. The molecular weight excluding hydrogens is 383 g/mol. The Morgan fingerprint density at radius 3 is 2.52 bits per heavy atom. The molecule has 3 rings (SSSR count). The number of carbonyl (C=O) groups is 1. The predicted molar refractivity (Wildman–Crippen MR) is 112 cm³/mol. The summed E-state index contributed by atoms with van der Waals surface area (Å²) in [6.07, 6.45) is 5.01. The minimum atomic E-state index is -0.117. The lowest BCUT2D eigenvalue weighted by atomic mass is 10.0. The van der Waals surface area contributed by atoms with Crippen molar-refractivity contribution in [1.29, 1.82) is 0 Å². The van der Waals surface area contributed by atoms with Crippen molar-refractivity contribution in [2.45, 2.75) is 18.9 Å². The summed E-state index contributed by atoms with van der Waals surface area (Å²) < 4.78 is 5.20. The Bertz CT molecular complexity index is 813. The zero-order valence-electron chi connectivity index (χ0n) is 15.1. The Balaban J connectivity index is 1.50. The number of benzene rings is 2. The largest absolute Gasteiger partial charge is 0.497 e. The van der Waals surface area contributed by atoms with Crippen molar-refractivity contribution < 1.29 is 9.53 Å². The van der Waals surface area contributed by atoms with Crippen LogP contribution >= 0.6 is 23.2 Å². The van der Waals surface area contributed by atoms with E-state index in [2.05, 4.69) is 22.3 Å². The smallest absolute Gasteiger partial charge is 0.244 e. The van der Waals surface area contributed by atoms with Gasteiger partial charge in [-0.3, -0.25) is 4.79 Å². The molecule has 1 heterocycles. The number of methoxy groups -OCH3 is 1. The van der Waals surface area contributed by atoms with Gasteiger partial charge in [0.2, 0.25) is 5.91 Å². The summed E-state index contributed by atoms with van der Waals surface area (Å²) in [5, 5.41) is 4.00. The molecule has 1 N–H and O–H groups in total. The first-order valence-corrected chi connectivity index (χ1v) is 9.64. The van der Waals surface area contributed by atoms with Gasteiger partial charge in [-0.15, -0.1) is 0 Å². The first-order chi connectivity index (χ1) is 13.1. The molecule has 1 aliphatic rings. The number of hydrogen-bond donors (Lipinski definition) is 1. The Kier molecular flexibility index (Phi) is 6.64. The molecule has 0 radical (unpaired) electrons. The van der Waals surface area contributed by atoms with Gasteiger partial charge in [0.25, 0.3) is 0 Å². The number of anilines is 1. The molecule has 0 bridgehead atoms. The molecule has 2 aromatic rings. The number of carbonyl (C=O) groups excluding carboxylic acids is 1.